The molecule has 6 rings (SSSR count). The molecule has 4 heterocycles. The summed E-state index contributed by atoms with van der Waals surface area (Å²) < 4.78 is 11.7. The molecule has 3 fully saturated rings. The van der Waals surface area contributed by atoms with Gasteiger partial charge in [0.15, 0.2) is 18.5 Å². The van der Waals surface area contributed by atoms with Gasteiger partial charge in [-0.05, 0) is 18.1 Å². The summed E-state index contributed by atoms with van der Waals surface area (Å²) in [7, 11) is 0. The summed E-state index contributed by atoms with van der Waals surface area (Å²) in [5.41, 5.74) is 0.899. The molecule has 0 saturated carbocycles. The van der Waals surface area contributed by atoms with Crippen molar-refractivity contribution in [2.75, 3.05) is 31.5 Å². The average molecular weight is 540 g/mol. The number of ether oxygens (including phenoxy) is 1. The van der Waals surface area contributed by atoms with Gasteiger partial charge in [-0.1, -0.05) is 65.8 Å². The molecular formula is C27H30BrN3O4. The zero-order chi connectivity index (χ0) is 23.6. The van der Waals surface area contributed by atoms with Crippen molar-refractivity contribution < 1.29 is 40.3 Å². The third-order valence-corrected chi connectivity index (χ3v) is 7.59. The van der Waals surface area contributed by atoms with E-state index in [1.54, 1.807) is 6.07 Å². The molecule has 2 aromatic carbocycles. The van der Waals surface area contributed by atoms with Crippen LogP contribution in [0.25, 0.3) is 0 Å². The first-order valence-electron chi connectivity index (χ1n) is 11.9. The van der Waals surface area contributed by atoms with Crippen molar-refractivity contribution in [2.24, 2.45) is 5.92 Å². The number of piperidine rings is 3. The van der Waals surface area contributed by atoms with Crippen molar-refractivity contribution in [3.8, 4) is 0 Å². The number of fused-ring (bicyclic) bond motifs is 3. The molecule has 0 unspecified atom stereocenters. The van der Waals surface area contributed by atoms with E-state index in [0.29, 0.717) is 29.3 Å². The number of quaternary nitrogens is 1. The van der Waals surface area contributed by atoms with E-state index in [0.717, 1.165) is 37.1 Å². The maximum absolute atomic E-state index is 13.8. The zero-order valence-corrected chi connectivity index (χ0v) is 21.3. The predicted molar refractivity (Wildman–Crippen MR) is 127 cm³/mol. The number of benzene rings is 2. The summed E-state index contributed by atoms with van der Waals surface area (Å²) in [6, 6.07) is 21.2. The van der Waals surface area contributed by atoms with E-state index in [1.165, 1.54) is 6.26 Å². The Labute approximate surface area is 215 Å². The Kier molecular flexibility index (Phi) is 7.42. The molecule has 8 heteroatoms. The van der Waals surface area contributed by atoms with E-state index >= 15 is 0 Å². The van der Waals surface area contributed by atoms with Crippen LogP contribution in [0.2, 0.25) is 0 Å². The van der Waals surface area contributed by atoms with Gasteiger partial charge in [0.2, 0.25) is 0 Å². The van der Waals surface area contributed by atoms with E-state index in [1.807, 2.05) is 67.6 Å². The van der Waals surface area contributed by atoms with Crippen LogP contribution in [0.3, 0.4) is 0 Å². The first-order chi connectivity index (χ1) is 16.5. The van der Waals surface area contributed by atoms with E-state index < -0.39 is 5.41 Å². The fraction of sp³-hybridized carbons (Fsp3) is 0.370. The maximum Gasteiger partial charge on any atom is 0.321 e. The molecule has 3 saturated heterocycles. The number of aromatic nitrogens is 1. The van der Waals surface area contributed by atoms with Gasteiger partial charge >= 0.3 is 5.97 Å². The Morgan fingerprint density at radius 3 is 2.17 bits per heavy atom. The number of nitrogens with zero attached hydrogens (tertiary/aromatic N) is 2. The molecule has 1 amide bonds. The minimum Gasteiger partial charge on any atom is -1.00 e. The van der Waals surface area contributed by atoms with Gasteiger partial charge in [0.05, 0.1) is 13.1 Å². The molecule has 3 aromatic rings. The number of anilines is 1. The SMILES string of the molecule is CC(C(=O)O[C@H]1C[N+]2(CC(=O)Nc3ccon3)CCC1CC2)(c1ccccc1)c1ccccc1.[Br-]. The number of nitrogens with one attached hydrogen (secondary N) is 1. The van der Waals surface area contributed by atoms with Crippen LogP contribution in [0.4, 0.5) is 5.82 Å². The summed E-state index contributed by atoms with van der Waals surface area (Å²) in [5, 5.41) is 6.56. The minimum absolute atomic E-state index is 0. The summed E-state index contributed by atoms with van der Waals surface area (Å²) in [4.78, 5) is 26.5. The third-order valence-electron chi connectivity index (χ3n) is 7.59. The lowest BCUT2D eigenvalue weighted by Crippen LogP contribution is -3.00. The molecule has 184 valence electrons. The number of hydrogen-bond donors (Lipinski definition) is 1. The lowest BCUT2D eigenvalue weighted by atomic mass is 9.76. The van der Waals surface area contributed by atoms with E-state index in [4.69, 9.17) is 9.26 Å². The van der Waals surface area contributed by atoms with Gasteiger partial charge in [-0.2, -0.15) is 0 Å². The Bertz CT molecular complexity index is 1090. The maximum atomic E-state index is 13.8. The van der Waals surface area contributed by atoms with Crippen molar-refractivity contribution in [3.63, 3.8) is 0 Å². The number of amides is 1. The second-order valence-corrected chi connectivity index (χ2v) is 9.70. The van der Waals surface area contributed by atoms with Crippen molar-refractivity contribution in [1.29, 1.82) is 0 Å². The zero-order valence-electron chi connectivity index (χ0n) is 19.7. The van der Waals surface area contributed by atoms with Crippen LogP contribution in [-0.4, -0.2) is 53.8 Å². The Hall–Kier alpha value is -2.97. The number of hydrogen-bond acceptors (Lipinski definition) is 5. The van der Waals surface area contributed by atoms with Crippen LogP contribution in [0, 0.1) is 5.92 Å². The highest BCUT2D eigenvalue weighted by Gasteiger charge is 2.50. The highest BCUT2D eigenvalue weighted by molar-refractivity contribution is 5.90. The smallest absolute Gasteiger partial charge is 0.321 e. The first-order valence-corrected chi connectivity index (χ1v) is 11.9. The Morgan fingerprint density at radius 2 is 1.63 bits per heavy atom. The van der Waals surface area contributed by atoms with Crippen LogP contribution in [-0.2, 0) is 19.7 Å². The monoisotopic (exact) mass is 539 g/mol. The van der Waals surface area contributed by atoms with Gasteiger partial charge in [-0.15, -0.1) is 0 Å². The largest absolute Gasteiger partial charge is 1.00 e. The molecular weight excluding hydrogens is 510 g/mol. The van der Waals surface area contributed by atoms with Crippen LogP contribution in [0.5, 0.6) is 0 Å². The molecule has 35 heavy (non-hydrogen) atoms. The van der Waals surface area contributed by atoms with Gasteiger partial charge < -0.3 is 36.0 Å². The molecule has 0 aliphatic carbocycles. The Morgan fingerprint density at radius 1 is 1.03 bits per heavy atom. The van der Waals surface area contributed by atoms with Crippen LogP contribution in [0.1, 0.15) is 30.9 Å². The standard InChI is InChI=1S/C27H29N3O4.BrH/c1-27(21-8-4-2-5-9-21,22-10-6-3-7-11-22)26(32)34-23-18-30(15-12-20(23)13-16-30)19-25(31)28-24-14-17-33-29-24;/h2-11,14,17,20,23H,12-13,15-16,18-19H2,1H3;1H/t20?,23-,30?;/m0./s1. The van der Waals surface area contributed by atoms with Gasteiger partial charge in [-0.3, -0.25) is 9.59 Å². The molecule has 2 bridgehead atoms. The second-order valence-electron chi connectivity index (χ2n) is 9.70. The highest BCUT2D eigenvalue weighted by atomic mass is 79.9. The van der Waals surface area contributed by atoms with Crippen LogP contribution >= 0.6 is 0 Å². The molecule has 3 aliphatic heterocycles. The quantitative estimate of drug-likeness (QED) is 0.354. The molecule has 3 aliphatic rings. The summed E-state index contributed by atoms with van der Waals surface area (Å²) in [6.07, 6.45) is 3.12. The minimum atomic E-state index is -0.913. The molecule has 1 aromatic heterocycles. The molecule has 7 nitrogen and oxygen atoms in total. The average Bonchev–Trinajstić information content (AvgIpc) is 3.37. The topological polar surface area (TPSA) is 81.4 Å². The van der Waals surface area contributed by atoms with Crippen LogP contribution in [0.15, 0.2) is 77.5 Å². The second kappa shape index (κ2) is 10.3. The van der Waals surface area contributed by atoms with Crippen molar-refractivity contribution >= 4 is 17.7 Å². The summed E-state index contributed by atoms with van der Waals surface area (Å²) >= 11 is 0. The van der Waals surface area contributed by atoms with Crippen LogP contribution < -0.4 is 22.3 Å². The number of carbonyl (C=O) groups excluding carboxylic acids is 2. The molecule has 1 N–H and O–H groups in total. The lowest BCUT2D eigenvalue weighted by Gasteiger charge is -2.51. The normalized spacial score (nSPS) is 23.2. The van der Waals surface area contributed by atoms with E-state index in [-0.39, 0.29) is 35.0 Å². The predicted octanol–water partition coefficient (Wildman–Crippen LogP) is 0.776. The van der Waals surface area contributed by atoms with Crippen molar-refractivity contribution in [1.82, 2.24) is 5.16 Å². The third kappa shape index (κ3) is 5.04. The highest BCUT2D eigenvalue weighted by Crippen LogP contribution is 2.39. The fourth-order valence-electron chi connectivity index (χ4n) is 5.54. The summed E-state index contributed by atoms with van der Waals surface area (Å²) in [6.45, 7) is 4.76. The van der Waals surface area contributed by atoms with Gasteiger partial charge in [-0.25, -0.2) is 0 Å². The van der Waals surface area contributed by atoms with Gasteiger partial charge in [0.1, 0.15) is 18.2 Å². The Balaban J connectivity index is 0.00000289. The van der Waals surface area contributed by atoms with Crippen molar-refractivity contribution in [3.05, 3.63) is 84.1 Å². The van der Waals surface area contributed by atoms with Gasteiger partial charge in [0, 0.05) is 24.8 Å². The summed E-state index contributed by atoms with van der Waals surface area (Å²) in [5.74, 6) is 0.407. The van der Waals surface area contributed by atoms with Gasteiger partial charge in [0.25, 0.3) is 5.91 Å². The van der Waals surface area contributed by atoms with E-state index in [2.05, 4.69) is 10.5 Å². The van der Waals surface area contributed by atoms with Crippen molar-refractivity contribution in [2.45, 2.75) is 31.3 Å². The molecule has 1 atom stereocenters. The number of esters is 1. The lowest BCUT2D eigenvalue weighted by molar-refractivity contribution is -0.939. The molecule has 0 radical (unpaired) electrons. The number of halogens is 1. The fourth-order valence-corrected chi connectivity index (χ4v) is 5.54. The number of rotatable bonds is 7. The molecule has 0 spiro atoms. The first kappa shape index (κ1) is 25.1. The number of carbonyl (C=O) groups is 2. The van der Waals surface area contributed by atoms with E-state index in [9.17, 15) is 9.59 Å².